The van der Waals surface area contributed by atoms with Crippen molar-refractivity contribution < 1.29 is 13.9 Å². The highest BCUT2D eigenvalue weighted by Gasteiger charge is 2.34. The number of rotatable bonds is 1. The Bertz CT molecular complexity index is 493. The lowest BCUT2D eigenvalue weighted by atomic mass is 9.92. The molecule has 104 valence electrons. The molecular formula is C14H17BrFNO2. The molecule has 3 nitrogen and oxygen atoms in total. The van der Waals surface area contributed by atoms with E-state index in [2.05, 4.69) is 15.9 Å². The first kappa shape index (κ1) is 14.3. The molecule has 19 heavy (non-hydrogen) atoms. The molecule has 1 aliphatic heterocycles. The summed E-state index contributed by atoms with van der Waals surface area (Å²) in [6.07, 6.45) is -0.304. The van der Waals surface area contributed by atoms with E-state index in [0.717, 1.165) is 5.56 Å². The van der Waals surface area contributed by atoms with Crippen molar-refractivity contribution in [3.8, 4) is 0 Å². The van der Waals surface area contributed by atoms with E-state index >= 15 is 0 Å². The molecule has 5 heteroatoms. The fraction of sp³-hybridized carbons (Fsp3) is 0.500. The maximum Gasteiger partial charge on any atom is 0.410 e. The second-order valence-corrected chi connectivity index (χ2v) is 6.61. The van der Waals surface area contributed by atoms with E-state index in [1.165, 1.54) is 6.07 Å². The fourth-order valence-electron chi connectivity index (χ4n) is 1.93. The lowest BCUT2D eigenvalue weighted by Gasteiger charge is -2.40. The monoisotopic (exact) mass is 329 g/mol. The highest BCUT2D eigenvalue weighted by atomic mass is 79.9. The average Bonchev–Trinajstić information content (AvgIpc) is 2.18. The maximum absolute atomic E-state index is 13.4. The molecule has 1 aromatic carbocycles. The number of carbonyl (C=O) groups excluding carboxylic acids is 1. The zero-order chi connectivity index (χ0) is 14.2. The van der Waals surface area contributed by atoms with Gasteiger partial charge in [0.1, 0.15) is 11.4 Å². The number of nitrogens with zero attached hydrogens (tertiary/aromatic N) is 1. The van der Waals surface area contributed by atoms with Gasteiger partial charge in [0.25, 0.3) is 0 Å². The second-order valence-electron chi connectivity index (χ2n) is 5.76. The van der Waals surface area contributed by atoms with Crippen LogP contribution in [0.15, 0.2) is 22.7 Å². The Morgan fingerprint density at radius 1 is 1.42 bits per heavy atom. The Balaban J connectivity index is 1.92. The molecule has 1 fully saturated rings. The number of hydrogen-bond donors (Lipinski definition) is 0. The lowest BCUT2D eigenvalue weighted by Crippen LogP contribution is -2.50. The van der Waals surface area contributed by atoms with E-state index in [4.69, 9.17) is 4.74 Å². The van der Waals surface area contributed by atoms with Gasteiger partial charge in [0.15, 0.2) is 0 Å². The summed E-state index contributed by atoms with van der Waals surface area (Å²) >= 11 is 3.13. The first-order valence-corrected chi connectivity index (χ1v) is 6.98. The van der Waals surface area contributed by atoms with E-state index in [1.54, 1.807) is 11.0 Å². The molecule has 1 saturated heterocycles. The second kappa shape index (κ2) is 5.12. The average molecular weight is 330 g/mol. The molecule has 0 atom stereocenters. The maximum atomic E-state index is 13.4. The predicted octanol–water partition coefficient (Wildman–Crippen LogP) is 3.92. The molecule has 0 radical (unpaired) electrons. The van der Waals surface area contributed by atoms with Gasteiger partial charge in [-0.05, 0) is 54.4 Å². The molecular weight excluding hydrogens is 313 g/mol. The summed E-state index contributed by atoms with van der Waals surface area (Å²) in [6, 6.07) is 5.09. The highest BCUT2D eigenvalue weighted by molar-refractivity contribution is 9.10. The molecule has 1 aliphatic rings. The van der Waals surface area contributed by atoms with Crippen LogP contribution in [0.1, 0.15) is 32.3 Å². The number of carbonyl (C=O) groups is 1. The van der Waals surface area contributed by atoms with Gasteiger partial charge in [0.2, 0.25) is 0 Å². The number of halogens is 2. The SMILES string of the molecule is CC(C)(C)OC(=O)N1CC(c2ccc(Br)c(F)c2)C1. The van der Waals surface area contributed by atoms with Gasteiger partial charge in [-0.2, -0.15) is 0 Å². The normalized spacial score (nSPS) is 16.2. The smallest absolute Gasteiger partial charge is 0.410 e. The molecule has 1 heterocycles. The van der Waals surface area contributed by atoms with Gasteiger partial charge in [-0.25, -0.2) is 9.18 Å². The van der Waals surface area contributed by atoms with E-state index in [9.17, 15) is 9.18 Å². The summed E-state index contributed by atoms with van der Waals surface area (Å²) in [7, 11) is 0. The van der Waals surface area contributed by atoms with Crippen LogP contribution in [0.3, 0.4) is 0 Å². The standard InChI is InChI=1S/C14H17BrFNO2/c1-14(2,3)19-13(18)17-7-10(8-17)9-4-5-11(15)12(16)6-9/h4-6,10H,7-8H2,1-3H3. The van der Waals surface area contributed by atoms with Gasteiger partial charge in [-0.15, -0.1) is 0 Å². The van der Waals surface area contributed by atoms with E-state index in [-0.39, 0.29) is 17.8 Å². The molecule has 1 amide bonds. The third-order valence-corrected chi connectivity index (χ3v) is 3.59. The van der Waals surface area contributed by atoms with Crippen LogP contribution in [0.5, 0.6) is 0 Å². The minimum absolute atomic E-state index is 0.190. The molecule has 0 N–H and O–H groups in total. The van der Waals surface area contributed by atoms with Crippen LogP contribution in [-0.2, 0) is 4.74 Å². The number of amides is 1. The molecule has 1 aromatic rings. The van der Waals surface area contributed by atoms with Crippen LogP contribution in [0.25, 0.3) is 0 Å². The molecule has 0 saturated carbocycles. The minimum Gasteiger partial charge on any atom is -0.444 e. The van der Waals surface area contributed by atoms with Gasteiger partial charge >= 0.3 is 6.09 Å². The number of benzene rings is 1. The van der Waals surface area contributed by atoms with Crippen molar-refractivity contribution in [3.05, 3.63) is 34.1 Å². The van der Waals surface area contributed by atoms with Crippen molar-refractivity contribution in [1.29, 1.82) is 0 Å². The summed E-state index contributed by atoms with van der Waals surface area (Å²) in [4.78, 5) is 13.4. The van der Waals surface area contributed by atoms with Crippen LogP contribution in [0.2, 0.25) is 0 Å². The van der Waals surface area contributed by atoms with Crippen LogP contribution in [0.4, 0.5) is 9.18 Å². The summed E-state index contributed by atoms with van der Waals surface area (Å²) in [5.74, 6) is -0.0802. The third kappa shape index (κ3) is 3.47. The molecule has 2 rings (SSSR count). The van der Waals surface area contributed by atoms with Gasteiger partial charge in [-0.1, -0.05) is 6.07 Å². The van der Waals surface area contributed by atoms with Gasteiger partial charge in [-0.3, -0.25) is 0 Å². The summed E-state index contributed by atoms with van der Waals surface area (Å²) in [6.45, 7) is 6.68. The van der Waals surface area contributed by atoms with Crippen molar-refractivity contribution in [2.75, 3.05) is 13.1 Å². The summed E-state index contributed by atoms with van der Waals surface area (Å²) < 4.78 is 19.2. The molecule has 0 unspecified atom stereocenters. The van der Waals surface area contributed by atoms with Crippen molar-refractivity contribution >= 4 is 22.0 Å². The number of likely N-dealkylation sites (tertiary alicyclic amines) is 1. The molecule has 0 aromatic heterocycles. The fourth-order valence-corrected chi connectivity index (χ4v) is 2.18. The van der Waals surface area contributed by atoms with Crippen LogP contribution in [-0.4, -0.2) is 29.7 Å². The Morgan fingerprint density at radius 3 is 2.58 bits per heavy atom. The third-order valence-electron chi connectivity index (χ3n) is 2.95. The van der Waals surface area contributed by atoms with E-state index < -0.39 is 5.60 Å². The molecule has 0 bridgehead atoms. The van der Waals surface area contributed by atoms with Crippen LogP contribution >= 0.6 is 15.9 Å². The highest BCUT2D eigenvalue weighted by Crippen LogP contribution is 2.30. The Hall–Kier alpha value is -1.10. The molecule has 0 aliphatic carbocycles. The molecule has 0 spiro atoms. The summed E-state index contributed by atoms with van der Waals surface area (Å²) in [5.41, 5.74) is 0.437. The number of hydrogen-bond acceptors (Lipinski definition) is 2. The number of ether oxygens (including phenoxy) is 1. The largest absolute Gasteiger partial charge is 0.444 e. The first-order valence-electron chi connectivity index (χ1n) is 6.19. The lowest BCUT2D eigenvalue weighted by molar-refractivity contribution is 0.00818. The van der Waals surface area contributed by atoms with Crippen molar-refractivity contribution in [1.82, 2.24) is 4.90 Å². The van der Waals surface area contributed by atoms with Gasteiger partial charge < -0.3 is 9.64 Å². The van der Waals surface area contributed by atoms with Crippen LogP contribution in [0, 0.1) is 5.82 Å². The van der Waals surface area contributed by atoms with E-state index in [1.807, 2.05) is 26.8 Å². The van der Waals surface area contributed by atoms with Gasteiger partial charge in [0, 0.05) is 19.0 Å². The van der Waals surface area contributed by atoms with Crippen LogP contribution < -0.4 is 0 Å². The summed E-state index contributed by atoms with van der Waals surface area (Å²) in [5, 5.41) is 0. The Morgan fingerprint density at radius 2 is 2.05 bits per heavy atom. The zero-order valence-corrected chi connectivity index (χ0v) is 12.8. The quantitative estimate of drug-likeness (QED) is 0.781. The predicted molar refractivity (Wildman–Crippen MR) is 74.6 cm³/mol. The Labute approximate surface area is 120 Å². The minimum atomic E-state index is -0.480. The Kier molecular flexibility index (Phi) is 3.85. The van der Waals surface area contributed by atoms with Crippen molar-refractivity contribution in [2.45, 2.75) is 32.3 Å². The van der Waals surface area contributed by atoms with Crippen molar-refractivity contribution in [2.24, 2.45) is 0 Å². The van der Waals surface area contributed by atoms with E-state index in [0.29, 0.717) is 17.6 Å². The van der Waals surface area contributed by atoms with Gasteiger partial charge in [0.05, 0.1) is 4.47 Å². The first-order chi connectivity index (χ1) is 8.76. The topological polar surface area (TPSA) is 29.5 Å². The zero-order valence-electron chi connectivity index (χ0n) is 11.2. The van der Waals surface area contributed by atoms with Crippen molar-refractivity contribution in [3.63, 3.8) is 0 Å².